The van der Waals surface area contributed by atoms with Crippen molar-refractivity contribution in [2.75, 3.05) is 20.2 Å². The number of aliphatic hydroxyl groups is 1. The number of hydrogen-bond donors (Lipinski definition) is 2. The molecule has 0 aromatic rings. The maximum Gasteiger partial charge on any atom is 0.202 e. The van der Waals surface area contributed by atoms with Gasteiger partial charge >= 0.3 is 0 Å². The minimum Gasteiger partial charge on any atom is -0.489 e. The number of nitrogens with one attached hydrogen (secondary N) is 1. The summed E-state index contributed by atoms with van der Waals surface area (Å²) in [6.07, 6.45) is 10.9. The fraction of sp³-hybridized carbons (Fsp3) is 0.826. The lowest BCUT2D eigenvalue weighted by molar-refractivity contribution is -0.237. The molecule has 156 valence electrons. The first-order valence-electron chi connectivity index (χ1n) is 11.2. The predicted molar refractivity (Wildman–Crippen MR) is 106 cm³/mol. The SMILES string of the molecule is COOC1=C2OC3C(C)CC[C@@]4(O)[C@H](C)CC(C=C1)C2[C@@]34CCNCC1CC1. The largest absolute Gasteiger partial charge is 0.489 e. The molecule has 5 heteroatoms. The second-order valence-electron chi connectivity index (χ2n) is 10.0. The van der Waals surface area contributed by atoms with Gasteiger partial charge in [0.05, 0.1) is 12.7 Å². The highest BCUT2D eigenvalue weighted by atomic mass is 17.2. The molecule has 5 rings (SSSR count). The molecule has 1 saturated heterocycles. The Kier molecular flexibility index (Phi) is 4.57. The van der Waals surface area contributed by atoms with Crippen LogP contribution in [0.5, 0.6) is 0 Å². The fourth-order valence-corrected chi connectivity index (χ4v) is 7.01. The molecule has 0 spiro atoms. The van der Waals surface area contributed by atoms with E-state index in [0.717, 1.165) is 50.4 Å². The van der Waals surface area contributed by atoms with Crippen molar-refractivity contribution >= 4 is 0 Å². The van der Waals surface area contributed by atoms with Gasteiger partial charge in [-0.25, -0.2) is 0 Å². The van der Waals surface area contributed by atoms with Gasteiger partial charge in [0.25, 0.3) is 0 Å². The summed E-state index contributed by atoms with van der Waals surface area (Å²) in [5.74, 6) is 3.74. The van der Waals surface area contributed by atoms with Crippen LogP contribution in [-0.4, -0.2) is 37.0 Å². The molecular weight excluding hydrogens is 354 g/mol. The lowest BCUT2D eigenvalue weighted by Gasteiger charge is -2.61. The molecule has 0 amide bonds. The van der Waals surface area contributed by atoms with E-state index in [2.05, 4.69) is 25.2 Å². The van der Waals surface area contributed by atoms with Gasteiger partial charge in [0.2, 0.25) is 5.76 Å². The van der Waals surface area contributed by atoms with Crippen LogP contribution in [0.4, 0.5) is 0 Å². The molecule has 4 aliphatic carbocycles. The zero-order chi connectivity index (χ0) is 19.5. The van der Waals surface area contributed by atoms with Crippen LogP contribution in [0, 0.1) is 35.0 Å². The van der Waals surface area contributed by atoms with E-state index in [-0.39, 0.29) is 23.4 Å². The number of rotatable bonds is 7. The summed E-state index contributed by atoms with van der Waals surface area (Å²) < 4.78 is 6.67. The van der Waals surface area contributed by atoms with E-state index >= 15 is 0 Å². The first-order chi connectivity index (χ1) is 13.5. The Labute approximate surface area is 168 Å². The molecule has 0 aromatic carbocycles. The quantitative estimate of drug-likeness (QED) is 0.396. The zero-order valence-electron chi connectivity index (χ0n) is 17.4. The van der Waals surface area contributed by atoms with Crippen LogP contribution in [0.1, 0.15) is 52.4 Å². The maximum atomic E-state index is 12.2. The van der Waals surface area contributed by atoms with E-state index in [4.69, 9.17) is 14.5 Å². The summed E-state index contributed by atoms with van der Waals surface area (Å²) in [6, 6.07) is 0. The van der Waals surface area contributed by atoms with Gasteiger partial charge in [0, 0.05) is 11.3 Å². The van der Waals surface area contributed by atoms with Crippen LogP contribution in [0.2, 0.25) is 0 Å². The number of hydrogen-bond acceptors (Lipinski definition) is 5. The Bertz CT molecular complexity index is 686. The predicted octanol–water partition coefficient (Wildman–Crippen LogP) is 3.55. The van der Waals surface area contributed by atoms with E-state index in [9.17, 15) is 5.11 Å². The van der Waals surface area contributed by atoms with Gasteiger partial charge < -0.3 is 20.0 Å². The molecule has 2 N–H and O–H groups in total. The highest BCUT2D eigenvalue weighted by Gasteiger charge is 2.73. The summed E-state index contributed by atoms with van der Waals surface area (Å²) >= 11 is 0. The molecule has 5 aliphatic rings. The third-order valence-corrected chi connectivity index (χ3v) is 8.53. The van der Waals surface area contributed by atoms with Crippen molar-refractivity contribution in [2.45, 2.75) is 64.1 Å². The lowest BCUT2D eigenvalue weighted by Crippen LogP contribution is -2.67. The molecular formula is C23H35NO4. The molecule has 1 aliphatic heterocycles. The Hall–Kier alpha value is -1.04. The van der Waals surface area contributed by atoms with Crippen LogP contribution in [0.15, 0.2) is 23.7 Å². The molecule has 1 heterocycles. The van der Waals surface area contributed by atoms with Gasteiger partial charge in [-0.1, -0.05) is 19.9 Å². The van der Waals surface area contributed by atoms with E-state index in [0.29, 0.717) is 17.6 Å². The molecule has 4 fully saturated rings. The highest BCUT2D eigenvalue weighted by Crippen LogP contribution is 2.69. The van der Waals surface area contributed by atoms with E-state index in [1.807, 2.05) is 6.08 Å². The first kappa shape index (κ1) is 19.0. The van der Waals surface area contributed by atoms with Gasteiger partial charge in [-0.3, -0.25) is 0 Å². The van der Waals surface area contributed by atoms with E-state index < -0.39 is 5.60 Å². The lowest BCUT2D eigenvalue weighted by atomic mass is 9.43. The first-order valence-corrected chi connectivity index (χ1v) is 11.2. The fourth-order valence-electron chi connectivity index (χ4n) is 7.01. The zero-order valence-corrected chi connectivity index (χ0v) is 17.4. The second kappa shape index (κ2) is 6.75. The topological polar surface area (TPSA) is 60.0 Å². The van der Waals surface area contributed by atoms with Gasteiger partial charge in [-0.2, -0.15) is 4.89 Å². The Balaban J connectivity index is 1.54. The third-order valence-electron chi connectivity index (χ3n) is 8.53. The highest BCUT2D eigenvalue weighted by molar-refractivity contribution is 5.36. The minimum absolute atomic E-state index is 0.0366. The molecule has 28 heavy (non-hydrogen) atoms. The van der Waals surface area contributed by atoms with Crippen molar-refractivity contribution in [2.24, 2.45) is 35.0 Å². The van der Waals surface area contributed by atoms with Crippen molar-refractivity contribution in [3.8, 4) is 0 Å². The summed E-state index contributed by atoms with van der Waals surface area (Å²) in [7, 11) is 1.54. The van der Waals surface area contributed by atoms with Crippen LogP contribution in [0.25, 0.3) is 0 Å². The van der Waals surface area contributed by atoms with Crippen LogP contribution in [-0.2, 0) is 14.5 Å². The number of ether oxygens (including phenoxy) is 1. The van der Waals surface area contributed by atoms with Gasteiger partial charge in [0.15, 0.2) is 0 Å². The molecule has 0 radical (unpaired) electrons. The molecule has 5 nitrogen and oxygen atoms in total. The van der Waals surface area contributed by atoms with E-state index in [1.165, 1.54) is 20.0 Å². The maximum absolute atomic E-state index is 12.2. The van der Waals surface area contributed by atoms with Gasteiger partial charge in [0.1, 0.15) is 11.9 Å². The smallest absolute Gasteiger partial charge is 0.202 e. The van der Waals surface area contributed by atoms with Crippen molar-refractivity contribution in [3.05, 3.63) is 23.7 Å². The van der Waals surface area contributed by atoms with Crippen molar-refractivity contribution in [1.82, 2.24) is 5.32 Å². The summed E-state index contributed by atoms with van der Waals surface area (Å²) in [4.78, 5) is 10.5. The average Bonchev–Trinajstić information content (AvgIpc) is 3.43. The Morgan fingerprint density at radius 2 is 2.11 bits per heavy atom. The normalized spacial score (nSPS) is 46.4. The molecule has 3 saturated carbocycles. The second-order valence-corrected chi connectivity index (χ2v) is 10.0. The van der Waals surface area contributed by atoms with Crippen LogP contribution in [0.3, 0.4) is 0 Å². The monoisotopic (exact) mass is 389 g/mol. The molecule has 0 bridgehead atoms. The van der Waals surface area contributed by atoms with Crippen LogP contribution < -0.4 is 5.32 Å². The Morgan fingerprint density at radius 3 is 2.86 bits per heavy atom. The van der Waals surface area contributed by atoms with Gasteiger partial charge in [-0.15, -0.1) is 0 Å². The van der Waals surface area contributed by atoms with Gasteiger partial charge in [-0.05, 0) is 81.4 Å². The minimum atomic E-state index is -0.683. The van der Waals surface area contributed by atoms with Crippen molar-refractivity contribution < 1.29 is 19.6 Å². The summed E-state index contributed by atoms with van der Waals surface area (Å²) in [5.41, 5.74) is -0.941. The van der Waals surface area contributed by atoms with Crippen molar-refractivity contribution in [1.29, 1.82) is 0 Å². The average molecular weight is 390 g/mol. The van der Waals surface area contributed by atoms with Crippen molar-refractivity contribution in [3.63, 3.8) is 0 Å². The third kappa shape index (κ3) is 2.55. The summed E-state index contributed by atoms with van der Waals surface area (Å²) in [5, 5.41) is 15.9. The molecule has 4 unspecified atom stereocenters. The Morgan fingerprint density at radius 1 is 1.29 bits per heavy atom. The molecule has 7 atom stereocenters. The van der Waals surface area contributed by atoms with Crippen LogP contribution >= 0.6 is 0 Å². The number of allylic oxidation sites excluding steroid dienone is 3. The summed E-state index contributed by atoms with van der Waals surface area (Å²) in [6.45, 7) is 6.60. The standard InChI is InChI=1S/C23H35NO4/c1-14-8-9-23(25)15(2)12-17-6-7-18(28-26-3)20-19(17)22(23,21(14)27-20)10-11-24-13-16-4-5-16/h6-7,14-17,19,21,24-25H,4-5,8-13H2,1-3H3/t14?,15-,17?,19?,21?,22+,23-/m1/s1. The molecule has 0 aromatic heterocycles. The van der Waals surface area contributed by atoms with E-state index in [1.54, 1.807) is 0 Å².